The van der Waals surface area contributed by atoms with Crippen molar-refractivity contribution in [3.8, 4) is 5.75 Å². The maximum absolute atomic E-state index is 12.6. The van der Waals surface area contributed by atoms with Crippen LogP contribution in [0.4, 0.5) is 0 Å². The molecule has 1 aliphatic heterocycles. The van der Waals surface area contributed by atoms with Crippen molar-refractivity contribution in [2.45, 2.75) is 39.1 Å². The van der Waals surface area contributed by atoms with Gasteiger partial charge in [0.05, 0.1) is 6.61 Å². The van der Waals surface area contributed by atoms with E-state index in [1.807, 2.05) is 43.3 Å². The topological polar surface area (TPSA) is 38.8 Å². The summed E-state index contributed by atoms with van der Waals surface area (Å²) in [6.45, 7) is 4.24. The Morgan fingerprint density at radius 3 is 2.33 bits per heavy atom. The lowest BCUT2D eigenvalue weighted by Gasteiger charge is -2.35. The molecule has 0 radical (unpaired) electrons. The Kier molecular flexibility index (Phi) is 6.45. The van der Waals surface area contributed by atoms with Gasteiger partial charge in [0.1, 0.15) is 18.4 Å². The Bertz CT molecular complexity index is 969. The minimum Gasteiger partial charge on any atom is -0.489 e. The smallest absolute Gasteiger partial charge is 0.323 e. The maximum atomic E-state index is 12.6. The van der Waals surface area contributed by atoms with E-state index >= 15 is 0 Å². The molecular formula is C26H27NO3. The Balaban J connectivity index is 1.44. The van der Waals surface area contributed by atoms with Gasteiger partial charge in [0, 0.05) is 13.1 Å². The van der Waals surface area contributed by atoms with Crippen LogP contribution in [0.3, 0.4) is 0 Å². The second-order valence-corrected chi connectivity index (χ2v) is 7.56. The predicted octanol–water partition coefficient (Wildman–Crippen LogP) is 4.76. The van der Waals surface area contributed by atoms with E-state index < -0.39 is 0 Å². The van der Waals surface area contributed by atoms with E-state index in [0.29, 0.717) is 26.2 Å². The number of esters is 1. The van der Waals surface area contributed by atoms with Crippen LogP contribution in [0.15, 0.2) is 78.9 Å². The van der Waals surface area contributed by atoms with Gasteiger partial charge < -0.3 is 9.47 Å². The molecule has 1 unspecified atom stereocenters. The zero-order chi connectivity index (χ0) is 20.8. The number of hydrogen-bond donors (Lipinski definition) is 0. The molecule has 0 saturated heterocycles. The number of fused-ring (bicyclic) bond motifs is 1. The molecule has 0 amide bonds. The summed E-state index contributed by atoms with van der Waals surface area (Å²) in [6, 6.07) is 26.4. The lowest BCUT2D eigenvalue weighted by molar-refractivity contribution is -0.150. The highest BCUT2D eigenvalue weighted by Crippen LogP contribution is 2.26. The van der Waals surface area contributed by atoms with Crippen LogP contribution in [-0.2, 0) is 35.6 Å². The normalized spacial score (nSPS) is 16.0. The van der Waals surface area contributed by atoms with Crippen molar-refractivity contribution >= 4 is 5.97 Å². The zero-order valence-electron chi connectivity index (χ0n) is 17.3. The summed E-state index contributed by atoms with van der Waals surface area (Å²) in [6.07, 6.45) is 0.688. The number of rotatable bonds is 7. The fourth-order valence-electron chi connectivity index (χ4n) is 3.88. The van der Waals surface area contributed by atoms with Gasteiger partial charge in [0.15, 0.2) is 0 Å². The van der Waals surface area contributed by atoms with Crippen molar-refractivity contribution < 1.29 is 14.3 Å². The molecule has 1 atom stereocenters. The molecule has 4 nitrogen and oxygen atoms in total. The molecule has 0 saturated carbocycles. The van der Waals surface area contributed by atoms with Crippen molar-refractivity contribution in [3.63, 3.8) is 0 Å². The molecule has 0 spiro atoms. The second kappa shape index (κ2) is 9.59. The van der Waals surface area contributed by atoms with Gasteiger partial charge >= 0.3 is 5.97 Å². The first-order chi connectivity index (χ1) is 14.7. The van der Waals surface area contributed by atoms with Gasteiger partial charge in [-0.15, -0.1) is 0 Å². The van der Waals surface area contributed by atoms with Crippen molar-refractivity contribution in [2.24, 2.45) is 0 Å². The van der Waals surface area contributed by atoms with Gasteiger partial charge in [0.2, 0.25) is 0 Å². The molecule has 3 aromatic rings. The third-order valence-electron chi connectivity index (χ3n) is 5.46. The molecule has 1 aliphatic rings. The summed E-state index contributed by atoms with van der Waals surface area (Å²) in [5, 5.41) is 0. The molecule has 4 rings (SSSR count). The SMILES string of the molecule is CCOC(=O)C1Cc2ccccc2CN1Cc1ccc(OCc2ccccc2)cc1. The summed E-state index contributed by atoms with van der Waals surface area (Å²) in [5.41, 5.74) is 4.80. The van der Waals surface area contributed by atoms with Gasteiger partial charge in [-0.05, 0) is 47.7 Å². The molecule has 154 valence electrons. The summed E-state index contributed by atoms with van der Waals surface area (Å²) in [5.74, 6) is 0.698. The summed E-state index contributed by atoms with van der Waals surface area (Å²) in [7, 11) is 0. The lowest BCUT2D eigenvalue weighted by atomic mass is 9.93. The highest BCUT2D eigenvalue weighted by atomic mass is 16.5. The number of hydrogen-bond acceptors (Lipinski definition) is 4. The molecule has 30 heavy (non-hydrogen) atoms. The molecule has 0 fully saturated rings. The van der Waals surface area contributed by atoms with Crippen molar-refractivity contribution in [1.82, 2.24) is 4.90 Å². The maximum Gasteiger partial charge on any atom is 0.323 e. The minimum atomic E-state index is -0.256. The predicted molar refractivity (Wildman–Crippen MR) is 117 cm³/mol. The van der Waals surface area contributed by atoms with Crippen molar-refractivity contribution in [2.75, 3.05) is 6.61 Å². The standard InChI is InChI=1S/C26H27NO3/c1-2-29-26(28)25-16-22-10-6-7-11-23(22)18-27(25)17-20-12-14-24(15-13-20)30-19-21-8-4-3-5-9-21/h3-15,25H,2,16-19H2,1H3. The monoisotopic (exact) mass is 401 g/mol. The quantitative estimate of drug-likeness (QED) is 0.535. The van der Waals surface area contributed by atoms with Gasteiger partial charge in [-0.2, -0.15) is 0 Å². The summed E-state index contributed by atoms with van der Waals surface area (Å²) >= 11 is 0. The van der Waals surface area contributed by atoms with Crippen LogP contribution in [0.2, 0.25) is 0 Å². The number of benzene rings is 3. The van der Waals surface area contributed by atoms with E-state index in [9.17, 15) is 4.79 Å². The van der Waals surface area contributed by atoms with Gasteiger partial charge in [-0.3, -0.25) is 9.69 Å². The summed E-state index contributed by atoms with van der Waals surface area (Å²) < 4.78 is 11.2. The van der Waals surface area contributed by atoms with Crippen molar-refractivity contribution in [3.05, 3.63) is 101 Å². The highest BCUT2D eigenvalue weighted by Gasteiger charge is 2.32. The Labute approximate surface area is 178 Å². The van der Waals surface area contributed by atoms with E-state index in [1.54, 1.807) is 0 Å². The molecular weight excluding hydrogens is 374 g/mol. The molecule has 3 aromatic carbocycles. The third-order valence-corrected chi connectivity index (χ3v) is 5.46. The number of carbonyl (C=O) groups excluding carboxylic acids is 1. The number of ether oxygens (including phenoxy) is 2. The lowest BCUT2D eigenvalue weighted by Crippen LogP contribution is -2.45. The van der Waals surface area contributed by atoms with Gasteiger partial charge in [0.25, 0.3) is 0 Å². The molecule has 0 bridgehead atoms. The first-order valence-corrected chi connectivity index (χ1v) is 10.5. The molecule has 0 aliphatic carbocycles. The Morgan fingerprint density at radius 2 is 1.60 bits per heavy atom. The fraction of sp³-hybridized carbons (Fsp3) is 0.269. The van der Waals surface area contributed by atoms with Crippen LogP contribution >= 0.6 is 0 Å². The third kappa shape index (κ3) is 4.89. The highest BCUT2D eigenvalue weighted by molar-refractivity contribution is 5.76. The van der Waals surface area contributed by atoms with E-state index in [1.165, 1.54) is 11.1 Å². The minimum absolute atomic E-state index is 0.144. The summed E-state index contributed by atoms with van der Waals surface area (Å²) in [4.78, 5) is 14.8. The van der Waals surface area contributed by atoms with E-state index in [2.05, 4.69) is 47.4 Å². The molecule has 1 heterocycles. The van der Waals surface area contributed by atoms with Crippen LogP contribution in [0, 0.1) is 0 Å². The van der Waals surface area contributed by atoms with E-state index in [-0.39, 0.29) is 12.0 Å². The molecule has 0 aromatic heterocycles. The number of carbonyl (C=O) groups is 1. The first-order valence-electron chi connectivity index (χ1n) is 10.5. The average Bonchev–Trinajstić information content (AvgIpc) is 2.79. The van der Waals surface area contributed by atoms with Crippen molar-refractivity contribution in [1.29, 1.82) is 0 Å². The molecule has 0 N–H and O–H groups in total. The zero-order valence-corrected chi connectivity index (χ0v) is 17.3. The van der Waals surface area contributed by atoms with Crippen LogP contribution < -0.4 is 4.74 Å². The van der Waals surface area contributed by atoms with Gasteiger partial charge in [-0.25, -0.2) is 0 Å². The van der Waals surface area contributed by atoms with Crippen LogP contribution in [0.1, 0.15) is 29.2 Å². The largest absolute Gasteiger partial charge is 0.489 e. The second-order valence-electron chi connectivity index (χ2n) is 7.56. The van der Waals surface area contributed by atoms with Crippen LogP contribution in [-0.4, -0.2) is 23.5 Å². The van der Waals surface area contributed by atoms with Crippen LogP contribution in [0.25, 0.3) is 0 Å². The van der Waals surface area contributed by atoms with Crippen LogP contribution in [0.5, 0.6) is 5.75 Å². The number of nitrogens with zero attached hydrogens (tertiary/aromatic N) is 1. The average molecular weight is 402 g/mol. The fourth-order valence-corrected chi connectivity index (χ4v) is 3.88. The van der Waals surface area contributed by atoms with E-state index in [4.69, 9.17) is 9.47 Å². The Hall–Kier alpha value is -3.11. The Morgan fingerprint density at radius 1 is 0.900 bits per heavy atom. The van der Waals surface area contributed by atoms with Gasteiger partial charge in [-0.1, -0.05) is 66.7 Å². The molecule has 4 heteroatoms. The first kappa shape index (κ1) is 20.2. The van der Waals surface area contributed by atoms with E-state index in [0.717, 1.165) is 23.4 Å².